The lowest BCUT2D eigenvalue weighted by Gasteiger charge is -2.10. The molecule has 1 amide bonds. The van der Waals surface area contributed by atoms with Crippen molar-refractivity contribution in [2.24, 2.45) is 5.10 Å². The molecule has 0 aliphatic rings. The molecule has 0 saturated carbocycles. The molecule has 0 saturated heterocycles. The minimum absolute atomic E-state index is 0.330. The van der Waals surface area contributed by atoms with Crippen molar-refractivity contribution >= 4 is 23.7 Å². The maximum atomic E-state index is 12.5. The molecule has 3 aromatic carbocycles. The van der Waals surface area contributed by atoms with Crippen LogP contribution in [0.1, 0.15) is 28.4 Å². The third-order valence-corrected chi connectivity index (χ3v) is 4.26. The Labute approximate surface area is 174 Å². The molecule has 1 N–H and O–H groups in total. The van der Waals surface area contributed by atoms with Crippen molar-refractivity contribution in [2.45, 2.75) is 13.5 Å². The molecular formula is C23H21ClN2O3. The van der Waals surface area contributed by atoms with Crippen molar-refractivity contribution in [1.29, 1.82) is 0 Å². The summed E-state index contributed by atoms with van der Waals surface area (Å²) in [6, 6.07) is 21.8. The van der Waals surface area contributed by atoms with Gasteiger partial charge < -0.3 is 9.47 Å². The van der Waals surface area contributed by atoms with E-state index in [1.54, 1.807) is 36.5 Å². The zero-order chi connectivity index (χ0) is 20.5. The molecule has 6 heteroatoms. The molecule has 3 aromatic rings. The molecule has 0 spiro atoms. The van der Waals surface area contributed by atoms with E-state index in [4.69, 9.17) is 21.1 Å². The zero-order valence-electron chi connectivity index (χ0n) is 16.0. The molecule has 0 atom stereocenters. The SMILES string of the molecule is CCOc1ccc(C=NNC(=O)c2ccccc2OCc2ccc(Cl)cc2)cc1. The first-order valence-electron chi connectivity index (χ1n) is 9.18. The third-order valence-electron chi connectivity index (χ3n) is 4.01. The van der Waals surface area contributed by atoms with Gasteiger partial charge in [-0.25, -0.2) is 5.43 Å². The van der Waals surface area contributed by atoms with Crippen molar-refractivity contribution in [2.75, 3.05) is 6.61 Å². The minimum Gasteiger partial charge on any atom is -0.494 e. The van der Waals surface area contributed by atoms with Crippen molar-refractivity contribution in [3.63, 3.8) is 0 Å². The predicted octanol–water partition coefficient (Wildman–Crippen LogP) is 5.08. The number of hydrogen-bond donors (Lipinski definition) is 1. The summed E-state index contributed by atoms with van der Waals surface area (Å²) < 4.78 is 11.2. The lowest BCUT2D eigenvalue weighted by molar-refractivity contribution is 0.0950. The Morgan fingerprint density at radius 1 is 1.00 bits per heavy atom. The molecule has 0 unspecified atom stereocenters. The van der Waals surface area contributed by atoms with E-state index in [0.29, 0.717) is 29.5 Å². The first-order chi connectivity index (χ1) is 14.2. The van der Waals surface area contributed by atoms with E-state index in [1.165, 1.54) is 0 Å². The fourth-order valence-electron chi connectivity index (χ4n) is 2.56. The van der Waals surface area contributed by atoms with E-state index in [9.17, 15) is 4.79 Å². The Morgan fingerprint density at radius 3 is 2.45 bits per heavy atom. The average Bonchev–Trinajstić information content (AvgIpc) is 2.75. The summed E-state index contributed by atoms with van der Waals surface area (Å²) in [5.74, 6) is 0.926. The van der Waals surface area contributed by atoms with Crippen LogP contribution in [0.3, 0.4) is 0 Å². The van der Waals surface area contributed by atoms with E-state index in [-0.39, 0.29) is 5.91 Å². The number of benzene rings is 3. The van der Waals surface area contributed by atoms with Crippen molar-refractivity contribution in [3.05, 3.63) is 94.5 Å². The van der Waals surface area contributed by atoms with Crippen LogP contribution in [-0.4, -0.2) is 18.7 Å². The second-order valence-electron chi connectivity index (χ2n) is 6.11. The summed E-state index contributed by atoms with van der Waals surface area (Å²) in [5, 5.41) is 4.69. The van der Waals surface area contributed by atoms with Gasteiger partial charge in [0.2, 0.25) is 0 Å². The van der Waals surface area contributed by atoms with Gasteiger partial charge in [0.25, 0.3) is 5.91 Å². The largest absolute Gasteiger partial charge is 0.494 e. The molecule has 148 valence electrons. The van der Waals surface area contributed by atoms with Gasteiger partial charge >= 0.3 is 0 Å². The normalized spacial score (nSPS) is 10.7. The fraction of sp³-hybridized carbons (Fsp3) is 0.130. The zero-order valence-corrected chi connectivity index (χ0v) is 16.7. The summed E-state index contributed by atoms with van der Waals surface area (Å²) >= 11 is 5.90. The number of nitrogens with zero attached hydrogens (tertiary/aromatic N) is 1. The molecule has 3 rings (SSSR count). The van der Waals surface area contributed by atoms with E-state index < -0.39 is 0 Å². The Kier molecular flexibility index (Phi) is 7.25. The van der Waals surface area contributed by atoms with Gasteiger partial charge in [-0.05, 0) is 66.6 Å². The Morgan fingerprint density at radius 2 is 1.72 bits per heavy atom. The Bertz CT molecular complexity index is 970. The lowest BCUT2D eigenvalue weighted by Crippen LogP contribution is -2.18. The molecule has 0 aliphatic carbocycles. The summed E-state index contributed by atoms with van der Waals surface area (Å²) in [7, 11) is 0. The van der Waals surface area contributed by atoms with Crippen LogP contribution in [-0.2, 0) is 6.61 Å². The maximum Gasteiger partial charge on any atom is 0.275 e. The van der Waals surface area contributed by atoms with Crippen LogP contribution < -0.4 is 14.9 Å². The van der Waals surface area contributed by atoms with Crippen molar-refractivity contribution in [3.8, 4) is 11.5 Å². The fourth-order valence-corrected chi connectivity index (χ4v) is 2.69. The van der Waals surface area contributed by atoms with Gasteiger partial charge in [-0.3, -0.25) is 4.79 Å². The Hall–Kier alpha value is -3.31. The van der Waals surface area contributed by atoms with Gasteiger partial charge in [0.15, 0.2) is 0 Å². The first kappa shape index (κ1) is 20.4. The van der Waals surface area contributed by atoms with Crippen LogP contribution in [0, 0.1) is 0 Å². The van der Waals surface area contributed by atoms with Crippen LogP contribution in [0.2, 0.25) is 5.02 Å². The standard InChI is InChI=1S/C23H21ClN2O3/c1-2-28-20-13-9-17(10-14-20)15-25-26-23(27)21-5-3-4-6-22(21)29-16-18-7-11-19(24)12-8-18/h3-15H,2,16H2,1H3,(H,26,27). The number of nitrogens with one attached hydrogen (secondary N) is 1. The van der Waals surface area contributed by atoms with Gasteiger partial charge in [-0.2, -0.15) is 5.10 Å². The number of rotatable bonds is 8. The summed E-state index contributed by atoms with van der Waals surface area (Å²) in [4.78, 5) is 12.5. The number of carbonyl (C=O) groups is 1. The highest BCUT2D eigenvalue weighted by Gasteiger charge is 2.11. The predicted molar refractivity (Wildman–Crippen MR) is 115 cm³/mol. The van der Waals surface area contributed by atoms with Crippen LogP contribution in [0.4, 0.5) is 0 Å². The molecule has 0 radical (unpaired) electrons. The Balaban J connectivity index is 1.61. The maximum absolute atomic E-state index is 12.5. The van der Waals surface area contributed by atoms with Gasteiger partial charge in [-0.15, -0.1) is 0 Å². The second kappa shape index (κ2) is 10.3. The molecule has 5 nitrogen and oxygen atoms in total. The van der Waals surface area contributed by atoms with Crippen molar-refractivity contribution < 1.29 is 14.3 Å². The third kappa shape index (κ3) is 6.09. The molecular weight excluding hydrogens is 388 g/mol. The molecule has 0 aromatic heterocycles. The van der Waals surface area contributed by atoms with E-state index in [0.717, 1.165) is 16.9 Å². The van der Waals surface area contributed by atoms with E-state index >= 15 is 0 Å². The summed E-state index contributed by atoms with van der Waals surface area (Å²) in [6.07, 6.45) is 1.57. The summed E-state index contributed by atoms with van der Waals surface area (Å²) in [5.41, 5.74) is 4.75. The topological polar surface area (TPSA) is 59.9 Å². The van der Waals surface area contributed by atoms with Crippen LogP contribution in [0.5, 0.6) is 11.5 Å². The van der Waals surface area contributed by atoms with Gasteiger partial charge in [0.05, 0.1) is 18.4 Å². The second-order valence-corrected chi connectivity index (χ2v) is 6.55. The van der Waals surface area contributed by atoms with Gasteiger partial charge in [0, 0.05) is 5.02 Å². The molecule has 0 fully saturated rings. The minimum atomic E-state index is -0.348. The monoisotopic (exact) mass is 408 g/mol. The highest BCUT2D eigenvalue weighted by molar-refractivity contribution is 6.30. The number of para-hydroxylation sites is 1. The number of carbonyl (C=O) groups excluding carboxylic acids is 1. The molecule has 0 bridgehead atoms. The highest BCUT2D eigenvalue weighted by atomic mass is 35.5. The van der Waals surface area contributed by atoms with Crippen molar-refractivity contribution in [1.82, 2.24) is 5.43 Å². The average molecular weight is 409 g/mol. The smallest absolute Gasteiger partial charge is 0.275 e. The number of hydrazone groups is 1. The number of amides is 1. The summed E-state index contributed by atoms with van der Waals surface area (Å²) in [6.45, 7) is 2.88. The van der Waals surface area contributed by atoms with Gasteiger partial charge in [-0.1, -0.05) is 35.9 Å². The van der Waals surface area contributed by atoms with E-state index in [2.05, 4.69) is 10.5 Å². The van der Waals surface area contributed by atoms with Crippen LogP contribution in [0.15, 0.2) is 77.9 Å². The lowest BCUT2D eigenvalue weighted by atomic mass is 10.2. The quantitative estimate of drug-likeness (QED) is 0.417. The molecule has 29 heavy (non-hydrogen) atoms. The van der Waals surface area contributed by atoms with Crippen LogP contribution in [0.25, 0.3) is 0 Å². The van der Waals surface area contributed by atoms with Gasteiger partial charge in [0.1, 0.15) is 18.1 Å². The molecule has 0 heterocycles. The number of halogens is 1. The van der Waals surface area contributed by atoms with E-state index in [1.807, 2.05) is 49.4 Å². The first-order valence-corrected chi connectivity index (χ1v) is 9.56. The molecule has 0 aliphatic heterocycles. The number of ether oxygens (including phenoxy) is 2. The van der Waals surface area contributed by atoms with Crippen LogP contribution >= 0.6 is 11.6 Å². The highest BCUT2D eigenvalue weighted by Crippen LogP contribution is 2.20. The number of hydrogen-bond acceptors (Lipinski definition) is 4.